The normalized spacial score (nSPS) is 19.9. The minimum absolute atomic E-state index is 0. The maximum Gasteiger partial charge on any atom is 0.146 e. The van der Waals surface area contributed by atoms with Crippen LogP contribution in [0.15, 0.2) is 67.1 Å². The third-order valence-corrected chi connectivity index (χ3v) is 7.85. The summed E-state index contributed by atoms with van der Waals surface area (Å²) < 4.78 is 8.37. The molecule has 1 saturated heterocycles. The maximum atomic E-state index is 6.42. The van der Waals surface area contributed by atoms with E-state index < -0.39 is 0 Å². The number of nitrogens with zero attached hydrogens (tertiary/aromatic N) is 5. The predicted molar refractivity (Wildman–Crippen MR) is 166 cm³/mol. The first-order valence-electron chi connectivity index (χ1n) is 13.0. The molecule has 2 aliphatic rings. The number of likely N-dealkylation sites (N-methyl/N-ethyl adjacent to an activating group) is 1. The fraction of sp³-hybridized carbons (Fsp3) is 0.379. The summed E-state index contributed by atoms with van der Waals surface area (Å²) in [5.41, 5.74) is 9.53. The van der Waals surface area contributed by atoms with Crippen LogP contribution in [0, 0.1) is 0 Å². The number of ether oxygens (including phenoxy) is 1. The second kappa shape index (κ2) is 13.7. The van der Waals surface area contributed by atoms with Gasteiger partial charge in [0.15, 0.2) is 0 Å². The van der Waals surface area contributed by atoms with Crippen LogP contribution in [0.2, 0.25) is 0 Å². The summed E-state index contributed by atoms with van der Waals surface area (Å²) in [6.07, 6.45) is 8.69. The second-order valence-electron chi connectivity index (χ2n) is 10.2. The van der Waals surface area contributed by atoms with Crippen LogP contribution in [0.1, 0.15) is 31.7 Å². The molecule has 0 radical (unpaired) electrons. The number of nitrogens with two attached hydrogens (primary N) is 1. The van der Waals surface area contributed by atoms with Crippen molar-refractivity contribution < 1.29 is 4.74 Å². The van der Waals surface area contributed by atoms with E-state index in [9.17, 15) is 0 Å². The van der Waals surface area contributed by atoms with E-state index in [1.807, 2.05) is 42.5 Å². The number of aromatic nitrogens is 3. The molecule has 6 rings (SSSR count). The molecule has 3 heterocycles. The van der Waals surface area contributed by atoms with Gasteiger partial charge in [-0.25, -0.2) is 9.97 Å². The number of piperazine rings is 1. The number of hydrogen-bond acceptors (Lipinski definition) is 6. The minimum atomic E-state index is 0. The van der Waals surface area contributed by atoms with Crippen molar-refractivity contribution in [1.82, 2.24) is 24.3 Å². The summed E-state index contributed by atoms with van der Waals surface area (Å²) in [7, 11) is 2.22. The van der Waals surface area contributed by atoms with Gasteiger partial charge in [-0.1, -0.05) is 30.3 Å². The van der Waals surface area contributed by atoms with Gasteiger partial charge >= 0.3 is 0 Å². The molecule has 1 aliphatic carbocycles. The lowest BCUT2D eigenvalue weighted by atomic mass is 9.89. The molecule has 7 nitrogen and oxygen atoms in total. The zero-order valence-corrected chi connectivity index (χ0v) is 24.6. The monoisotopic (exact) mass is 590 g/mol. The Morgan fingerprint density at radius 3 is 2.21 bits per heavy atom. The standard InChI is InChI=1S/C29H34N6O.3ClH/c1-33-14-16-34(17-15-33)22-6-5-7-23(18-22)35-19-26(27-28(30)31-20-32-29(27)35)21-10-12-25(13-11-21)36-24-8-3-2-4-9-24;;;/h2-4,8-13,19-20,22-23H,5-7,14-18H2,1H3,(H2,30,31,32);3*1H. The topological polar surface area (TPSA) is 72.4 Å². The molecule has 10 heteroatoms. The molecule has 2 aromatic carbocycles. The van der Waals surface area contributed by atoms with Crippen molar-refractivity contribution in [3.8, 4) is 22.6 Å². The van der Waals surface area contributed by atoms with E-state index in [4.69, 9.17) is 15.5 Å². The second-order valence-corrected chi connectivity index (χ2v) is 10.2. The summed E-state index contributed by atoms with van der Waals surface area (Å²) in [6.45, 7) is 4.65. The highest BCUT2D eigenvalue weighted by molar-refractivity contribution is 6.00. The number of fused-ring (bicyclic) bond motifs is 1. The van der Waals surface area contributed by atoms with Gasteiger partial charge in [0.2, 0.25) is 0 Å². The van der Waals surface area contributed by atoms with Crippen molar-refractivity contribution in [3.05, 3.63) is 67.1 Å². The number of nitrogen functional groups attached to an aromatic ring is 1. The van der Waals surface area contributed by atoms with Crippen LogP contribution in [0.25, 0.3) is 22.2 Å². The van der Waals surface area contributed by atoms with Crippen LogP contribution in [-0.4, -0.2) is 63.6 Å². The number of benzene rings is 2. The van der Waals surface area contributed by atoms with Crippen molar-refractivity contribution in [3.63, 3.8) is 0 Å². The Morgan fingerprint density at radius 1 is 0.821 bits per heavy atom. The summed E-state index contributed by atoms with van der Waals surface area (Å²) >= 11 is 0. The number of para-hydroxylation sites is 1. The van der Waals surface area contributed by atoms with Gasteiger partial charge in [0.25, 0.3) is 0 Å². The third kappa shape index (κ3) is 6.61. The lowest BCUT2D eigenvalue weighted by molar-refractivity contribution is 0.0791. The van der Waals surface area contributed by atoms with Crippen LogP contribution in [0.3, 0.4) is 0 Å². The van der Waals surface area contributed by atoms with Gasteiger partial charge in [0, 0.05) is 50.0 Å². The maximum absolute atomic E-state index is 6.42. The molecule has 2 unspecified atom stereocenters. The van der Waals surface area contributed by atoms with Crippen molar-refractivity contribution >= 4 is 54.1 Å². The quantitative estimate of drug-likeness (QED) is 0.287. The van der Waals surface area contributed by atoms with Gasteiger partial charge in [-0.3, -0.25) is 4.90 Å². The number of anilines is 1. The Bertz CT molecular complexity index is 1330. The zero-order valence-electron chi connectivity index (χ0n) is 22.1. The lowest BCUT2D eigenvalue weighted by Crippen LogP contribution is -2.50. The summed E-state index contributed by atoms with van der Waals surface area (Å²) in [6, 6.07) is 19.1. The largest absolute Gasteiger partial charge is 0.457 e. The molecule has 39 heavy (non-hydrogen) atoms. The number of rotatable bonds is 5. The first kappa shape index (κ1) is 31.0. The molecule has 2 N–H and O–H groups in total. The van der Waals surface area contributed by atoms with Gasteiger partial charge < -0.3 is 19.9 Å². The Balaban J connectivity index is 0.00000140. The Kier molecular flexibility index (Phi) is 10.9. The number of halogens is 3. The first-order chi connectivity index (χ1) is 17.7. The molecule has 1 aliphatic heterocycles. The average Bonchev–Trinajstić information content (AvgIpc) is 3.31. The van der Waals surface area contributed by atoms with Crippen molar-refractivity contribution in [2.24, 2.45) is 0 Å². The van der Waals surface area contributed by atoms with E-state index in [1.54, 1.807) is 6.33 Å². The Morgan fingerprint density at radius 2 is 1.49 bits per heavy atom. The Hall–Kier alpha value is -2.55. The smallest absolute Gasteiger partial charge is 0.146 e. The lowest BCUT2D eigenvalue weighted by Gasteiger charge is -2.41. The molecule has 1 saturated carbocycles. The highest BCUT2D eigenvalue weighted by atomic mass is 35.5. The van der Waals surface area contributed by atoms with Gasteiger partial charge in [0.05, 0.1) is 5.39 Å². The molecule has 0 spiro atoms. The van der Waals surface area contributed by atoms with Crippen molar-refractivity contribution in [2.75, 3.05) is 39.0 Å². The van der Waals surface area contributed by atoms with Crippen LogP contribution < -0.4 is 10.5 Å². The van der Waals surface area contributed by atoms with E-state index in [-0.39, 0.29) is 37.2 Å². The van der Waals surface area contributed by atoms with E-state index >= 15 is 0 Å². The van der Waals surface area contributed by atoms with Gasteiger partial charge in [-0.2, -0.15) is 0 Å². The number of hydrogen-bond donors (Lipinski definition) is 1. The molecule has 210 valence electrons. The predicted octanol–water partition coefficient (Wildman–Crippen LogP) is 6.47. The van der Waals surface area contributed by atoms with E-state index in [0.717, 1.165) is 66.3 Å². The van der Waals surface area contributed by atoms with E-state index in [0.29, 0.717) is 17.9 Å². The summed E-state index contributed by atoms with van der Waals surface area (Å²) in [4.78, 5) is 14.2. The first-order valence-corrected chi connectivity index (χ1v) is 13.0. The Labute approximate surface area is 249 Å². The minimum Gasteiger partial charge on any atom is -0.457 e. The molecule has 0 amide bonds. The van der Waals surface area contributed by atoms with Crippen LogP contribution in [0.4, 0.5) is 5.82 Å². The molecule has 0 bridgehead atoms. The molecular formula is C29H37Cl3N6O. The highest BCUT2D eigenvalue weighted by Crippen LogP contribution is 2.39. The molecule has 2 fully saturated rings. The van der Waals surface area contributed by atoms with E-state index in [1.165, 1.54) is 19.3 Å². The van der Waals surface area contributed by atoms with Crippen LogP contribution in [0.5, 0.6) is 11.5 Å². The van der Waals surface area contributed by atoms with Gasteiger partial charge in [-0.15, -0.1) is 37.2 Å². The summed E-state index contributed by atoms with van der Waals surface area (Å²) in [5.74, 6) is 2.16. The third-order valence-electron chi connectivity index (χ3n) is 7.85. The van der Waals surface area contributed by atoms with Crippen LogP contribution >= 0.6 is 37.2 Å². The van der Waals surface area contributed by atoms with Gasteiger partial charge in [0.1, 0.15) is 29.3 Å². The molecule has 4 aromatic rings. The summed E-state index contributed by atoms with van der Waals surface area (Å²) in [5, 5.41) is 0.941. The highest BCUT2D eigenvalue weighted by Gasteiger charge is 2.30. The van der Waals surface area contributed by atoms with Crippen molar-refractivity contribution in [1.29, 1.82) is 0 Å². The molecule has 2 aromatic heterocycles. The van der Waals surface area contributed by atoms with Crippen LogP contribution in [-0.2, 0) is 0 Å². The fourth-order valence-corrected chi connectivity index (χ4v) is 5.84. The average molecular weight is 592 g/mol. The van der Waals surface area contributed by atoms with Crippen molar-refractivity contribution in [2.45, 2.75) is 37.8 Å². The van der Waals surface area contributed by atoms with E-state index in [2.05, 4.69) is 44.7 Å². The molecular weight excluding hydrogens is 555 g/mol. The zero-order chi connectivity index (χ0) is 24.5. The van der Waals surface area contributed by atoms with Gasteiger partial charge in [-0.05, 0) is 62.6 Å². The molecule has 2 atom stereocenters. The fourth-order valence-electron chi connectivity index (χ4n) is 5.84. The SMILES string of the molecule is CN1CCN(C2CCCC(n3cc(-c4ccc(Oc5ccccc5)cc4)c4c(N)ncnc43)C2)CC1.Cl.Cl.Cl.